The lowest BCUT2D eigenvalue weighted by Gasteiger charge is -2.24. The number of fused-ring (bicyclic) bond motifs is 1. The Balaban J connectivity index is 2.52. The highest BCUT2D eigenvalue weighted by Crippen LogP contribution is 2.40. The van der Waals surface area contributed by atoms with Crippen LogP contribution in [0.2, 0.25) is 0 Å². The fourth-order valence-electron chi connectivity index (χ4n) is 2.74. The van der Waals surface area contributed by atoms with Crippen LogP contribution in [-0.4, -0.2) is 11.6 Å². The monoisotopic (exact) mass is 233 g/mol. The lowest BCUT2D eigenvalue weighted by Crippen LogP contribution is -2.10. The summed E-state index contributed by atoms with van der Waals surface area (Å²) in [5.41, 5.74) is 2.78. The van der Waals surface area contributed by atoms with E-state index in [0.717, 1.165) is 18.9 Å². The SMILES string of the molecule is CC(C)c1ccnc2c1C(C(C)C)CCCO2. The van der Waals surface area contributed by atoms with Crippen LogP contribution in [-0.2, 0) is 0 Å². The Morgan fingerprint density at radius 2 is 2.06 bits per heavy atom. The third-order valence-electron chi connectivity index (χ3n) is 3.68. The van der Waals surface area contributed by atoms with Gasteiger partial charge in [0, 0.05) is 11.8 Å². The molecule has 0 saturated heterocycles. The van der Waals surface area contributed by atoms with Crippen molar-refractivity contribution in [2.45, 2.75) is 52.4 Å². The first-order valence-corrected chi connectivity index (χ1v) is 6.72. The fraction of sp³-hybridized carbons (Fsp3) is 0.667. The van der Waals surface area contributed by atoms with Crippen molar-refractivity contribution in [2.24, 2.45) is 5.92 Å². The second-order valence-corrected chi connectivity index (χ2v) is 5.61. The maximum absolute atomic E-state index is 5.81. The molecular weight excluding hydrogens is 210 g/mol. The molecule has 1 aromatic rings. The Hall–Kier alpha value is -1.05. The van der Waals surface area contributed by atoms with Crippen LogP contribution in [0, 0.1) is 5.92 Å². The molecule has 94 valence electrons. The van der Waals surface area contributed by atoms with E-state index in [-0.39, 0.29) is 0 Å². The zero-order valence-corrected chi connectivity index (χ0v) is 11.4. The van der Waals surface area contributed by atoms with Crippen molar-refractivity contribution >= 4 is 0 Å². The fourth-order valence-corrected chi connectivity index (χ4v) is 2.74. The van der Waals surface area contributed by atoms with Crippen LogP contribution >= 0.6 is 0 Å². The smallest absolute Gasteiger partial charge is 0.217 e. The highest BCUT2D eigenvalue weighted by Gasteiger charge is 2.26. The van der Waals surface area contributed by atoms with E-state index in [0.29, 0.717) is 17.8 Å². The van der Waals surface area contributed by atoms with Gasteiger partial charge in [-0.15, -0.1) is 0 Å². The topological polar surface area (TPSA) is 22.1 Å². The van der Waals surface area contributed by atoms with Crippen molar-refractivity contribution in [3.8, 4) is 5.88 Å². The molecule has 2 rings (SSSR count). The van der Waals surface area contributed by atoms with Crippen molar-refractivity contribution in [1.82, 2.24) is 4.98 Å². The standard InChI is InChI=1S/C15H23NO/c1-10(2)12-6-5-9-17-15-14(12)13(11(3)4)7-8-16-15/h7-8,10-12H,5-6,9H2,1-4H3. The van der Waals surface area contributed by atoms with E-state index in [4.69, 9.17) is 4.74 Å². The maximum atomic E-state index is 5.81. The molecule has 1 aliphatic rings. The number of pyridine rings is 1. The number of hydrogen-bond donors (Lipinski definition) is 0. The predicted molar refractivity (Wildman–Crippen MR) is 70.6 cm³/mol. The van der Waals surface area contributed by atoms with Crippen LogP contribution < -0.4 is 4.74 Å². The van der Waals surface area contributed by atoms with Gasteiger partial charge in [0.2, 0.25) is 5.88 Å². The average molecular weight is 233 g/mol. The van der Waals surface area contributed by atoms with Crippen LogP contribution in [0.5, 0.6) is 5.88 Å². The molecule has 17 heavy (non-hydrogen) atoms. The summed E-state index contributed by atoms with van der Waals surface area (Å²) in [6.45, 7) is 9.91. The van der Waals surface area contributed by atoms with Crippen LogP contribution in [0.4, 0.5) is 0 Å². The van der Waals surface area contributed by atoms with Gasteiger partial charge in [-0.25, -0.2) is 4.98 Å². The third kappa shape index (κ3) is 2.46. The molecule has 0 bridgehead atoms. The van der Waals surface area contributed by atoms with Gasteiger partial charge in [0.05, 0.1) is 6.61 Å². The molecule has 0 spiro atoms. The molecule has 0 N–H and O–H groups in total. The minimum atomic E-state index is 0.537. The van der Waals surface area contributed by atoms with Gasteiger partial charge in [0.25, 0.3) is 0 Å². The molecular formula is C15H23NO. The van der Waals surface area contributed by atoms with E-state index < -0.39 is 0 Å². The molecule has 0 amide bonds. The van der Waals surface area contributed by atoms with Gasteiger partial charge in [-0.3, -0.25) is 0 Å². The summed E-state index contributed by atoms with van der Waals surface area (Å²) >= 11 is 0. The first kappa shape index (κ1) is 12.4. The quantitative estimate of drug-likeness (QED) is 0.766. The molecule has 2 nitrogen and oxygen atoms in total. The van der Waals surface area contributed by atoms with E-state index in [1.165, 1.54) is 17.5 Å². The Bertz CT molecular complexity index is 385. The zero-order valence-electron chi connectivity index (χ0n) is 11.4. The second-order valence-electron chi connectivity index (χ2n) is 5.61. The molecule has 0 aliphatic carbocycles. The first-order valence-electron chi connectivity index (χ1n) is 6.72. The van der Waals surface area contributed by atoms with E-state index in [1.807, 2.05) is 6.20 Å². The summed E-state index contributed by atoms with van der Waals surface area (Å²) in [7, 11) is 0. The number of ether oxygens (including phenoxy) is 1. The van der Waals surface area contributed by atoms with E-state index in [2.05, 4.69) is 38.7 Å². The van der Waals surface area contributed by atoms with Crippen LogP contribution in [0.25, 0.3) is 0 Å². The normalized spacial score (nSPS) is 20.0. The Morgan fingerprint density at radius 3 is 2.71 bits per heavy atom. The second kappa shape index (κ2) is 5.07. The van der Waals surface area contributed by atoms with Gasteiger partial charge in [-0.05, 0) is 42.2 Å². The lowest BCUT2D eigenvalue weighted by atomic mass is 9.81. The number of aromatic nitrogens is 1. The maximum Gasteiger partial charge on any atom is 0.217 e. The van der Waals surface area contributed by atoms with Crippen molar-refractivity contribution < 1.29 is 4.74 Å². The molecule has 1 aliphatic heterocycles. The van der Waals surface area contributed by atoms with Gasteiger partial charge >= 0.3 is 0 Å². The average Bonchev–Trinajstić information content (AvgIpc) is 2.50. The van der Waals surface area contributed by atoms with Crippen LogP contribution in [0.15, 0.2) is 12.3 Å². The molecule has 2 heterocycles. The van der Waals surface area contributed by atoms with Gasteiger partial charge in [0.15, 0.2) is 0 Å². The first-order chi connectivity index (χ1) is 8.11. The van der Waals surface area contributed by atoms with Crippen molar-refractivity contribution in [2.75, 3.05) is 6.61 Å². The Morgan fingerprint density at radius 1 is 1.29 bits per heavy atom. The van der Waals surface area contributed by atoms with Crippen molar-refractivity contribution in [1.29, 1.82) is 0 Å². The summed E-state index contributed by atoms with van der Waals surface area (Å²) in [5, 5.41) is 0. The van der Waals surface area contributed by atoms with Crippen molar-refractivity contribution in [3.63, 3.8) is 0 Å². The third-order valence-corrected chi connectivity index (χ3v) is 3.68. The lowest BCUT2D eigenvalue weighted by molar-refractivity contribution is 0.303. The molecule has 0 radical (unpaired) electrons. The number of hydrogen-bond acceptors (Lipinski definition) is 2. The largest absolute Gasteiger partial charge is 0.477 e. The minimum Gasteiger partial charge on any atom is -0.477 e. The van der Waals surface area contributed by atoms with Crippen LogP contribution in [0.3, 0.4) is 0 Å². The van der Waals surface area contributed by atoms with E-state index in [9.17, 15) is 0 Å². The van der Waals surface area contributed by atoms with Crippen molar-refractivity contribution in [3.05, 3.63) is 23.4 Å². The molecule has 1 atom stereocenters. The summed E-state index contributed by atoms with van der Waals surface area (Å²) < 4.78 is 5.81. The van der Waals surface area contributed by atoms with E-state index in [1.54, 1.807) is 0 Å². The summed E-state index contributed by atoms with van der Waals surface area (Å²) in [4.78, 5) is 4.43. The molecule has 0 fully saturated rings. The van der Waals surface area contributed by atoms with E-state index >= 15 is 0 Å². The summed E-state index contributed by atoms with van der Waals surface area (Å²) in [5.74, 6) is 2.66. The number of rotatable bonds is 2. The zero-order chi connectivity index (χ0) is 12.4. The molecule has 1 unspecified atom stereocenters. The summed E-state index contributed by atoms with van der Waals surface area (Å²) in [6.07, 6.45) is 4.24. The summed E-state index contributed by atoms with van der Waals surface area (Å²) in [6, 6.07) is 2.16. The minimum absolute atomic E-state index is 0.537. The highest BCUT2D eigenvalue weighted by molar-refractivity contribution is 5.40. The predicted octanol–water partition coefficient (Wildman–Crippen LogP) is 4.12. The van der Waals surface area contributed by atoms with Gasteiger partial charge in [-0.1, -0.05) is 27.7 Å². The van der Waals surface area contributed by atoms with Gasteiger partial charge in [0.1, 0.15) is 0 Å². The number of nitrogens with zero attached hydrogens (tertiary/aromatic N) is 1. The Kier molecular flexibility index (Phi) is 3.70. The molecule has 0 aromatic carbocycles. The van der Waals surface area contributed by atoms with Crippen LogP contribution in [0.1, 0.15) is 63.5 Å². The molecule has 0 saturated carbocycles. The van der Waals surface area contributed by atoms with Gasteiger partial charge < -0.3 is 4.74 Å². The highest BCUT2D eigenvalue weighted by atomic mass is 16.5. The Labute approximate surface area is 104 Å². The molecule has 2 heteroatoms. The molecule has 1 aromatic heterocycles. The van der Waals surface area contributed by atoms with Gasteiger partial charge in [-0.2, -0.15) is 0 Å².